The third-order valence-electron chi connectivity index (χ3n) is 3.71. The largest absolute Gasteiger partial charge is 0.346 e. The summed E-state index contributed by atoms with van der Waals surface area (Å²) in [5.74, 6) is -0.393. The molecule has 0 saturated heterocycles. The number of hydrogen-bond donors (Lipinski definition) is 2. The lowest BCUT2D eigenvalue weighted by Gasteiger charge is -2.10. The molecule has 0 spiro atoms. The predicted molar refractivity (Wildman–Crippen MR) is 86.2 cm³/mol. The van der Waals surface area contributed by atoms with Gasteiger partial charge in [0, 0.05) is 11.1 Å². The number of carbonyl (C=O) groups is 1. The van der Waals surface area contributed by atoms with Crippen LogP contribution in [0.1, 0.15) is 21.6 Å². The minimum absolute atomic E-state index is 0.125. The summed E-state index contributed by atoms with van der Waals surface area (Å²) in [5.41, 5.74) is 2.97. The first-order chi connectivity index (χ1) is 10.6. The Bertz CT molecular complexity index is 929. The summed E-state index contributed by atoms with van der Waals surface area (Å²) in [4.78, 5) is 30.6. The standard InChI is InChI=1S/C17H15N3O2/c1-10-6-5-9-13(11(10)2)18-16(21)15-12-7-3-4-8-14(12)19-17(22)20-15/h3-9H,1-2H3,(H,18,21)(H,19,20,22). The molecule has 0 atom stereocenters. The maximum absolute atomic E-state index is 12.5. The number of para-hydroxylation sites is 1. The Labute approximate surface area is 127 Å². The number of fused-ring (bicyclic) bond motifs is 1. The number of carbonyl (C=O) groups excluding carboxylic acids is 1. The van der Waals surface area contributed by atoms with Crippen LogP contribution in [0.3, 0.4) is 0 Å². The molecule has 0 radical (unpaired) electrons. The van der Waals surface area contributed by atoms with Crippen LogP contribution in [0.15, 0.2) is 47.3 Å². The number of anilines is 1. The van der Waals surface area contributed by atoms with Crippen molar-refractivity contribution in [3.63, 3.8) is 0 Å². The van der Waals surface area contributed by atoms with Gasteiger partial charge in [-0.05, 0) is 37.1 Å². The van der Waals surface area contributed by atoms with Crippen LogP contribution in [0.5, 0.6) is 0 Å². The van der Waals surface area contributed by atoms with E-state index in [1.165, 1.54) is 0 Å². The van der Waals surface area contributed by atoms with Crippen LogP contribution in [0.2, 0.25) is 0 Å². The van der Waals surface area contributed by atoms with E-state index in [9.17, 15) is 9.59 Å². The highest BCUT2D eigenvalue weighted by Gasteiger charge is 2.14. The molecule has 0 bridgehead atoms. The molecule has 3 rings (SSSR count). The van der Waals surface area contributed by atoms with E-state index >= 15 is 0 Å². The smallest absolute Gasteiger partial charge is 0.320 e. The molecule has 0 aliphatic rings. The van der Waals surface area contributed by atoms with E-state index in [2.05, 4.69) is 15.3 Å². The summed E-state index contributed by atoms with van der Waals surface area (Å²) in [6.07, 6.45) is 0. The first-order valence-corrected chi connectivity index (χ1v) is 6.93. The van der Waals surface area contributed by atoms with Gasteiger partial charge in [0.05, 0.1) is 5.52 Å². The van der Waals surface area contributed by atoms with Crippen molar-refractivity contribution in [2.24, 2.45) is 0 Å². The molecular weight excluding hydrogens is 278 g/mol. The van der Waals surface area contributed by atoms with Crippen molar-refractivity contribution in [1.29, 1.82) is 0 Å². The highest BCUT2D eigenvalue weighted by Crippen LogP contribution is 2.20. The van der Waals surface area contributed by atoms with Crippen LogP contribution in [-0.2, 0) is 0 Å². The number of benzene rings is 2. The van der Waals surface area contributed by atoms with Crippen molar-refractivity contribution in [2.45, 2.75) is 13.8 Å². The average Bonchev–Trinajstić information content (AvgIpc) is 2.51. The van der Waals surface area contributed by atoms with Crippen LogP contribution in [-0.4, -0.2) is 15.9 Å². The lowest BCUT2D eigenvalue weighted by Crippen LogP contribution is -2.21. The van der Waals surface area contributed by atoms with E-state index in [-0.39, 0.29) is 5.69 Å². The number of H-pyrrole nitrogens is 1. The summed E-state index contributed by atoms with van der Waals surface area (Å²) >= 11 is 0. The molecule has 5 nitrogen and oxygen atoms in total. The minimum atomic E-state index is -0.537. The van der Waals surface area contributed by atoms with Crippen LogP contribution in [0.4, 0.5) is 5.69 Å². The normalized spacial score (nSPS) is 10.6. The maximum Gasteiger partial charge on any atom is 0.346 e. The molecule has 1 heterocycles. The molecule has 110 valence electrons. The monoisotopic (exact) mass is 293 g/mol. The zero-order valence-corrected chi connectivity index (χ0v) is 12.3. The van der Waals surface area contributed by atoms with Gasteiger partial charge < -0.3 is 10.3 Å². The summed E-state index contributed by atoms with van der Waals surface area (Å²) in [5, 5.41) is 3.45. The minimum Gasteiger partial charge on any atom is -0.320 e. The van der Waals surface area contributed by atoms with Gasteiger partial charge in [-0.15, -0.1) is 0 Å². The molecule has 22 heavy (non-hydrogen) atoms. The third kappa shape index (κ3) is 2.48. The summed E-state index contributed by atoms with van der Waals surface area (Å²) in [6, 6.07) is 12.8. The van der Waals surface area contributed by atoms with E-state index in [1.54, 1.807) is 24.3 Å². The summed E-state index contributed by atoms with van der Waals surface area (Å²) < 4.78 is 0. The maximum atomic E-state index is 12.5. The fourth-order valence-corrected chi connectivity index (χ4v) is 2.34. The molecule has 2 aromatic carbocycles. The van der Waals surface area contributed by atoms with Crippen molar-refractivity contribution >= 4 is 22.5 Å². The van der Waals surface area contributed by atoms with Crippen LogP contribution in [0, 0.1) is 13.8 Å². The second kappa shape index (κ2) is 5.44. The van der Waals surface area contributed by atoms with Gasteiger partial charge >= 0.3 is 5.69 Å². The van der Waals surface area contributed by atoms with E-state index in [0.29, 0.717) is 10.9 Å². The summed E-state index contributed by atoms with van der Waals surface area (Å²) in [6.45, 7) is 3.92. The van der Waals surface area contributed by atoms with Crippen LogP contribution in [0.25, 0.3) is 10.9 Å². The van der Waals surface area contributed by atoms with Gasteiger partial charge in [-0.2, -0.15) is 4.98 Å². The first-order valence-electron chi connectivity index (χ1n) is 6.93. The van der Waals surface area contributed by atoms with E-state index in [4.69, 9.17) is 0 Å². The van der Waals surface area contributed by atoms with Gasteiger partial charge in [-0.3, -0.25) is 4.79 Å². The molecule has 1 amide bonds. The number of hydrogen-bond acceptors (Lipinski definition) is 3. The highest BCUT2D eigenvalue weighted by atomic mass is 16.2. The van der Waals surface area contributed by atoms with Crippen LogP contribution >= 0.6 is 0 Å². The number of nitrogens with one attached hydrogen (secondary N) is 2. The molecule has 1 aromatic heterocycles. The summed E-state index contributed by atoms with van der Waals surface area (Å²) in [7, 11) is 0. The number of amides is 1. The van der Waals surface area contributed by atoms with Crippen molar-refractivity contribution < 1.29 is 4.79 Å². The average molecular weight is 293 g/mol. The van der Waals surface area contributed by atoms with E-state index < -0.39 is 11.6 Å². The fraction of sp³-hybridized carbons (Fsp3) is 0.118. The SMILES string of the molecule is Cc1cccc(NC(=O)c2nc(=O)[nH]c3ccccc23)c1C. The Kier molecular flexibility index (Phi) is 3.47. The molecule has 0 fully saturated rings. The molecule has 2 N–H and O–H groups in total. The first kappa shape index (κ1) is 14.0. The lowest BCUT2D eigenvalue weighted by molar-refractivity contribution is 0.102. The van der Waals surface area contributed by atoms with Crippen molar-refractivity contribution in [3.8, 4) is 0 Å². The second-order valence-electron chi connectivity index (χ2n) is 5.14. The second-order valence-corrected chi connectivity index (χ2v) is 5.14. The molecular formula is C17H15N3O2. The van der Waals surface area contributed by atoms with Gasteiger partial charge in [0.15, 0.2) is 0 Å². The molecule has 0 aliphatic carbocycles. The Morgan fingerprint density at radius 2 is 1.86 bits per heavy atom. The fourth-order valence-electron chi connectivity index (χ4n) is 2.34. The van der Waals surface area contributed by atoms with Gasteiger partial charge in [0.2, 0.25) is 0 Å². The molecule has 5 heteroatoms. The number of aromatic amines is 1. The number of rotatable bonds is 2. The van der Waals surface area contributed by atoms with E-state index in [1.807, 2.05) is 32.0 Å². The van der Waals surface area contributed by atoms with Gasteiger partial charge in [-0.1, -0.05) is 30.3 Å². The number of aromatic nitrogens is 2. The molecule has 0 unspecified atom stereocenters. The van der Waals surface area contributed by atoms with Crippen molar-refractivity contribution in [3.05, 3.63) is 69.8 Å². The van der Waals surface area contributed by atoms with Crippen molar-refractivity contribution in [2.75, 3.05) is 5.32 Å². The predicted octanol–water partition coefficient (Wildman–Crippen LogP) is 2.79. The quantitative estimate of drug-likeness (QED) is 0.763. The Balaban J connectivity index is 2.06. The molecule has 0 aliphatic heterocycles. The van der Waals surface area contributed by atoms with Crippen LogP contribution < -0.4 is 11.0 Å². The molecule has 0 saturated carbocycles. The van der Waals surface area contributed by atoms with E-state index in [0.717, 1.165) is 16.8 Å². The number of aryl methyl sites for hydroxylation is 1. The number of nitrogens with zero attached hydrogens (tertiary/aromatic N) is 1. The zero-order valence-electron chi connectivity index (χ0n) is 12.3. The van der Waals surface area contributed by atoms with Crippen molar-refractivity contribution in [1.82, 2.24) is 9.97 Å². The Morgan fingerprint density at radius 1 is 1.09 bits per heavy atom. The highest BCUT2D eigenvalue weighted by molar-refractivity contribution is 6.10. The topological polar surface area (TPSA) is 74.8 Å². The Morgan fingerprint density at radius 3 is 2.68 bits per heavy atom. The Hall–Kier alpha value is -2.95. The zero-order chi connectivity index (χ0) is 15.7. The van der Waals surface area contributed by atoms with Gasteiger partial charge in [0.25, 0.3) is 5.91 Å². The van der Waals surface area contributed by atoms with Gasteiger partial charge in [-0.25, -0.2) is 4.79 Å². The van der Waals surface area contributed by atoms with Gasteiger partial charge in [0.1, 0.15) is 5.69 Å². The molecule has 3 aromatic rings. The third-order valence-corrected chi connectivity index (χ3v) is 3.71. The lowest BCUT2D eigenvalue weighted by atomic mass is 10.1.